The van der Waals surface area contributed by atoms with Gasteiger partial charge in [-0.3, -0.25) is 0 Å². The van der Waals surface area contributed by atoms with Gasteiger partial charge >= 0.3 is 0 Å². The highest BCUT2D eigenvalue weighted by molar-refractivity contribution is 6.30. The largest absolute Gasteiger partial charge is 0.508 e. The molecule has 0 heterocycles. The molecular formula is C26H22Cl2O2. The van der Waals surface area contributed by atoms with Crippen molar-refractivity contribution in [2.45, 2.75) is 13.0 Å². The summed E-state index contributed by atoms with van der Waals surface area (Å²) < 4.78 is 5.59. The molecule has 4 aromatic rings. The number of phenolic OH excluding ortho intramolecular Hbond substituents is 1. The summed E-state index contributed by atoms with van der Waals surface area (Å²) in [6.07, 6.45) is 0.702. The van der Waals surface area contributed by atoms with Crippen LogP contribution in [0.4, 0.5) is 0 Å². The van der Waals surface area contributed by atoms with E-state index >= 15 is 0 Å². The van der Waals surface area contributed by atoms with Crippen LogP contribution in [0, 0.1) is 0 Å². The van der Waals surface area contributed by atoms with Crippen LogP contribution in [0.2, 0.25) is 10.0 Å². The van der Waals surface area contributed by atoms with E-state index in [-0.39, 0.29) is 0 Å². The summed E-state index contributed by atoms with van der Waals surface area (Å²) in [6.45, 7) is 0.586. The van der Waals surface area contributed by atoms with E-state index in [0.717, 1.165) is 27.5 Å². The van der Waals surface area contributed by atoms with Gasteiger partial charge in [-0.15, -0.1) is 0 Å². The molecule has 30 heavy (non-hydrogen) atoms. The van der Waals surface area contributed by atoms with E-state index in [1.807, 2.05) is 84.9 Å². The summed E-state index contributed by atoms with van der Waals surface area (Å²) in [7, 11) is 0. The third-order valence-electron chi connectivity index (χ3n) is 4.34. The lowest BCUT2D eigenvalue weighted by Gasteiger charge is -2.05. The van der Waals surface area contributed by atoms with E-state index < -0.39 is 0 Å². The highest BCUT2D eigenvalue weighted by atomic mass is 35.5. The van der Waals surface area contributed by atoms with Crippen LogP contribution in [-0.2, 0) is 13.0 Å². The number of rotatable bonds is 5. The van der Waals surface area contributed by atoms with Crippen molar-refractivity contribution in [1.29, 1.82) is 0 Å². The quantitative estimate of drug-likeness (QED) is 0.349. The molecule has 0 unspecified atom stereocenters. The Bertz CT molecular complexity index is 1030. The molecule has 0 aliphatic heterocycles. The lowest BCUT2D eigenvalue weighted by molar-refractivity contribution is 0.306. The normalized spacial score (nSPS) is 10.1. The first-order chi connectivity index (χ1) is 14.6. The number of ether oxygens (including phenoxy) is 1. The molecule has 152 valence electrons. The lowest BCUT2D eigenvalue weighted by Crippen LogP contribution is -1.94. The van der Waals surface area contributed by atoms with Gasteiger partial charge in [-0.25, -0.2) is 0 Å². The van der Waals surface area contributed by atoms with Crippen LogP contribution in [0.1, 0.15) is 16.7 Å². The summed E-state index contributed by atoms with van der Waals surface area (Å²) in [5.74, 6) is 1.13. The Balaban J connectivity index is 0.000000171. The molecule has 2 nitrogen and oxygen atoms in total. The molecule has 0 aliphatic carbocycles. The van der Waals surface area contributed by atoms with E-state index in [0.29, 0.717) is 23.8 Å². The number of hydrogen-bond acceptors (Lipinski definition) is 2. The van der Waals surface area contributed by atoms with Crippen molar-refractivity contribution in [3.63, 3.8) is 0 Å². The SMILES string of the molecule is Clc1ccc(OCc2ccccc2)cc1.Oc1ccc(Cl)cc1Cc1ccccc1. The summed E-state index contributed by atoms with van der Waals surface area (Å²) in [5.41, 5.74) is 3.18. The monoisotopic (exact) mass is 436 g/mol. The number of hydrogen-bond donors (Lipinski definition) is 1. The Morgan fingerprint density at radius 2 is 1.20 bits per heavy atom. The van der Waals surface area contributed by atoms with Gasteiger partial charge in [0, 0.05) is 16.5 Å². The fourth-order valence-electron chi connectivity index (χ4n) is 2.78. The number of phenols is 1. The van der Waals surface area contributed by atoms with Crippen molar-refractivity contribution in [3.05, 3.63) is 130 Å². The zero-order valence-corrected chi connectivity index (χ0v) is 17.9. The van der Waals surface area contributed by atoms with Crippen LogP contribution < -0.4 is 4.74 Å². The van der Waals surface area contributed by atoms with E-state index in [1.54, 1.807) is 18.2 Å². The second-order valence-electron chi connectivity index (χ2n) is 6.66. The summed E-state index contributed by atoms with van der Waals surface area (Å²) in [6, 6.07) is 32.5. The van der Waals surface area contributed by atoms with Crippen LogP contribution in [0.25, 0.3) is 0 Å². The van der Waals surface area contributed by atoms with Gasteiger partial charge in [0.1, 0.15) is 18.1 Å². The average molecular weight is 437 g/mol. The van der Waals surface area contributed by atoms with Gasteiger partial charge in [0.05, 0.1) is 0 Å². The van der Waals surface area contributed by atoms with Crippen LogP contribution in [-0.4, -0.2) is 5.11 Å². The molecule has 0 aromatic heterocycles. The predicted molar refractivity (Wildman–Crippen MR) is 125 cm³/mol. The van der Waals surface area contributed by atoms with Crippen LogP contribution >= 0.6 is 23.2 Å². The van der Waals surface area contributed by atoms with E-state index in [4.69, 9.17) is 27.9 Å². The Hall–Kier alpha value is -2.94. The third kappa shape index (κ3) is 7.14. The molecule has 0 saturated heterocycles. The summed E-state index contributed by atoms with van der Waals surface area (Å²) in [4.78, 5) is 0. The second-order valence-corrected chi connectivity index (χ2v) is 7.54. The van der Waals surface area contributed by atoms with Crippen molar-refractivity contribution in [2.75, 3.05) is 0 Å². The first-order valence-corrected chi connectivity index (χ1v) is 10.3. The first-order valence-electron chi connectivity index (χ1n) is 9.54. The third-order valence-corrected chi connectivity index (χ3v) is 4.83. The molecule has 0 spiro atoms. The van der Waals surface area contributed by atoms with Crippen molar-refractivity contribution >= 4 is 23.2 Å². The van der Waals surface area contributed by atoms with Crippen molar-refractivity contribution in [3.8, 4) is 11.5 Å². The van der Waals surface area contributed by atoms with Gasteiger partial charge in [-0.05, 0) is 59.2 Å². The molecule has 0 bridgehead atoms. The van der Waals surface area contributed by atoms with Crippen molar-refractivity contribution < 1.29 is 9.84 Å². The molecule has 0 radical (unpaired) electrons. The Labute approximate surface area is 187 Å². The molecule has 0 atom stereocenters. The minimum absolute atomic E-state index is 0.295. The minimum atomic E-state index is 0.295. The molecule has 1 N–H and O–H groups in total. The number of benzene rings is 4. The predicted octanol–water partition coefficient (Wildman–Crippen LogP) is 7.56. The molecule has 4 aromatic carbocycles. The van der Waals surface area contributed by atoms with Crippen molar-refractivity contribution in [1.82, 2.24) is 0 Å². The maximum Gasteiger partial charge on any atom is 0.119 e. The average Bonchev–Trinajstić information content (AvgIpc) is 2.78. The van der Waals surface area contributed by atoms with Gasteiger partial charge in [-0.2, -0.15) is 0 Å². The highest BCUT2D eigenvalue weighted by Gasteiger charge is 2.02. The molecule has 4 heteroatoms. The van der Waals surface area contributed by atoms with Gasteiger partial charge in [0.25, 0.3) is 0 Å². The Kier molecular flexibility index (Phi) is 8.20. The molecule has 0 fully saturated rings. The fourth-order valence-corrected chi connectivity index (χ4v) is 3.10. The standard InChI is InChI=1S/2C13H11ClO/c14-12-6-8-13(9-7-12)15-10-11-4-2-1-3-5-11;14-12-6-7-13(15)11(9-12)8-10-4-2-1-3-5-10/h1-9H,10H2;1-7,9,15H,8H2. The molecule has 0 saturated carbocycles. The molecule has 0 aliphatic rings. The smallest absolute Gasteiger partial charge is 0.119 e. The van der Waals surface area contributed by atoms with E-state index in [9.17, 15) is 5.11 Å². The van der Waals surface area contributed by atoms with Crippen LogP contribution in [0.15, 0.2) is 103 Å². The molecule has 4 rings (SSSR count). The van der Waals surface area contributed by atoms with E-state index in [1.165, 1.54) is 0 Å². The fraction of sp³-hybridized carbons (Fsp3) is 0.0769. The summed E-state index contributed by atoms with van der Waals surface area (Å²) in [5, 5.41) is 11.0. The van der Waals surface area contributed by atoms with Gasteiger partial charge < -0.3 is 9.84 Å². The number of aromatic hydroxyl groups is 1. The van der Waals surface area contributed by atoms with Crippen molar-refractivity contribution in [2.24, 2.45) is 0 Å². The minimum Gasteiger partial charge on any atom is -0.508 e. The lowest BCUT2D eigenvalue weighted by atomic mass is 10.0. The maximum absolute atomic E-state index is 9.64. The molecule has 0 amide bonds. The first kappa shape index (κ1) is 21.8. The summed E-state index contributed by atoms with van der Waals surface area (Å²) >= 11 is 11.6. The second kappa shape index (κ2) is 11.3. The molecular weight excluding hydrogens is 415 g/mol. The Morgan fingerprint density at radius 1 is 0.633 bits per heavy atom. The van der Waals surface area contributed by atoms with Crippen LogP contribution in [0.3, 0.4) is 0 Å². The van der Waals surface area contributed by atoms with Gasteiger partial charge in [-0.1, -0.05) is 83.9 Å². The van der Waals surface area contributed by atoms with Gasteiger partial charge in [0.2, 0.25) is 0 Å². The highest BCUT2D eigenvalue weighted by Crippen LogP contribution is 2.24. The van der Waals surface area contributed by atoms with Gasteiger partial charge in [0.15, 0.2) is 0 Å². The topological polar surface area (TPSA) is 29.5 Å². The maximum atomic E-state index is 9.64. The Morgan fingerprint density at radius 3 is 1.83 bits per heavy atom. The zero-order valence-electron chi connectivity index (χ0n) is 16.3. The number of halogens is 2. The zero-order chi connectivity index (χ0) is 21.2. The van der Waals surface area contributed by atoms with E-state index in [2.05, 4.69) is 0 Å². The van der Waals surface area contributed by atoms with Crippen LogP contribution in [0.5, 0.6) is 11.5 Å².